The molecule has 2 aliphatic heterocycles. The summed E-state index contributed by atoms with van der Waals surface area (Å²) in [6.45, 7) is -0.235. The molecule has 0 saturated carbocycles. The molecule has 0 aromatic carbocycles. The average Bonchev–Trinajstić information content (AvgIpc) is 3.74. The minimum Gasteiger partial charge on any atom is -0.387 e. The minimum absolute atomic E-state index is 0.129. The van der Waals surface area contributed by atoms with Crippen LogP contribution in [0.15, 0.2) is 22.2 Å². The number of hydrogen-bond donors (Lipinski definition) is 9. The first-order valence-corrected chi connectivity index (χ1v) is 20.8. The van der Waals surface area contributed by atoms with Crippen LogP contribution in [0.3, 0.4) is 0 Å². The molecule has 28 nitrogen and oxygen atoms in total. The van der Waals surface area contributed by atoms with Crippen molar-refractivity contribution in [1.29, 1.82) is 0 Å². The predicted molar refractivity (Wildman–Crippen MR) is 187 cm³/mol. The molecule has 0 spiro atoms. The standard InChI is InChI=1S/C25H39N12O16P3/c1-33(2)4-5-35-6-12(50-14(7-35)37-11-34(3)16-20(37)30-25(27)32-22(16)41)8-48-54(42,43)52-56(46,47)53-55(44,45)49-9-13-17(38)18(39)23(51-13)36-10-28-15-19(36)29-24(26)31-21(15)40/h10-14,17-18,23,38-39H,4-9H2,1-3H3,(H8-,26,27,29,30,31,32,40,41,42,43,44,45,46,47)/p+1/t12?,13-,14?,17-,18-,23-/m1/s1. The maximum absolute atomic E-state index is 12.8. The Balaban J connectivity index is 1.07. The lowest BCUT2D eigenvalue weighted by Crippen LogP contribution is -2.56. The molecule has 0 aliphatic carbocycles. The SMILES string of the molecule is CN(C)CCN1CC(COP(=O)(O)OP(=O)(O)OP(=O)(O)OC[C@H]2O[C@@H](n3cnc4c(=O)[nH]c(N)nc43)[C@H](O)[C@@H]2O)OC([n+]2cn(C)c3c(=O)[nH]c(N)nc32)C1. The largest absolute Gasteiger partial charge is 0.490 e. The van der Waals surface area contributed by atoms with E-state index in [0.717, 1.165) is 10.9 Å². The van der Waals surface area contributed by atoms with Gasteiger partial charge in [-0.05, 0) is 14.1 Å². The van der Waals surface area contributed by atoms with Gasteiger partial charge in [0.05, 0.1) is 39.2 Å². The van der Waals surface area contributed by atoms with Gasteiger partial charge in [0, 0.05) is 19.6 Å². The fourth-order valence-electron chi connectivity index (χ4n) is 6.03. The predicted octanol–water partition coefficient (Wildman–Crippen LogP) is -3.41. The van der Waals surface area contributed by atoms with Crippen LogP contribution < -0.4 is 27.2 Å². The van der Waals surface area contributed by atoms with Crippen molar-refractivity contribution in [3.05, 3.63) is 33.4 Å². The van der Waals surface area contributed by atoms with Crippen molar-refractivity contribution in [3.63, 3.8) is 0 Å². The van der Waals surface area contributed by atoms with Gasteiger partial charge in [0.1, 0.15) is 18.3 Å². The summed E-state index contributed by atoms with van der Waals surface area (Å²) >= 11 is 0. The summed E-state index contributed by atoms with van der Waals surface area (Å²) in [5.41, 5.74) is 10.2. The summed E-state index contributed by atoms with van der Waals surface area (Å²) in [5.74, 6) is -0.434. The van der Waals surface area contributed by atoms with Crippen LogP contribution in [0.2, 0.25) is 0 Å². The number of aryl methyl sites for hydroxylation is 1. The van der Waals surface area contributed by atoms with Gasteiger partial charge in [-0.25, -0.2) is 23.2 Å². The third kappa shape index (κ3) is 9.43. The Morgan fingerprint density at radius 2 is 1.59 bits per heavy atom. The number of aliphatic hydroxyl groups is 2. The lowest BCUT2D eigenvalue weighted by molar-refractivity contribution is -0.747. The Hall–Kier alpha value is -3.53. The number of nitrogen functional groups attached to an aromatic ring is 2. The Labute approximate surface area is 314 Å². The van der Waals surface area contributed by atoms with E-state index in [1.54, 1.807) is 17.9 Å². The number of hydrogen-bond acceptors (Lipinski definition) is 20. The highest BCUT2D eigenvalue weighted by Gasteiger charge is 2.47. The maximum Gasteiger partial charge on any atom is 0.490 e. The number of imidazole rings is 2. The highest BCUT2D eigenvalue weighted by atomic mass is 31.3. The number of morpholine rings is 1. The molecule has 2 fully saturated rings. The number of fused-ring (bicyclic) bond motifs is 2. The molecule has 9 atom stereocenters. The molecule has 2 aliphatic rings. The minimum atomic E-state index is -5.92. The van der Waals surface area contributed by atoms with E-state index in [0.29, 0.717) is 13.1 Å². The molecule has 5 unspecified atom stereocenters. The molecule has 0 radical (unpaired) electrons. The molecular formula is C25H40N12O16P3+. The smallest absolute Gasteiger partial charge is 0.387 e. The van der Waals surface area contributed by atoms with Crippen LogP contribution >= 0.6 is 23.5 Å². The summed E-state index contributed by atoms with van der Waals surface area (Å²) in [7, 11) is -11.8. The summed E-state index contributed by atoms with van der Waals surface area (Å²) in [6, 6.07) is 0. The van der Waals surface area contributed by atoms with Gasteiger partial charge < -0.3 is 50.7 Å². The monoisotopic (exact) mass is 857 g/mol. The summed E-state index contributed by atoms with van der Waals surface area (Å²) < 4.78 is 71.8. The van der Waals surface area contributed by atoms with Gasteiger partial charge in [0.15, 0.2) is 29.9 Å². The van der Waals surface area contributed by atoms with Crippen LogP contribution in [0, 0.1) is 0 Å². The number of phosphoric acid groups is 3. The molecule has 56 heavy (non-hydrogen) atoms. The number of aromatic amines is 2. The lowest BCUT2D eigenvalue weighted by Gasteiger charge is -2.37. The lowest BCUT2D eigenvalue weighted by atomic mass is 10.1. The number of nitrogens with zero attached hydrogens (tertiary/aromatic N) is 8. The van der Waals surface area contributed by atoms with Crippen molar-refractivity contribution >= 4 is 57.7 Å². The second kappa shape index (κ2) is 16.0. The Kier molecular flexibility index (Phi) is 12.0. The van der Waals surface area contributed by atoms with Gasteiger partial charge >= 0.3 is 29.1 Å². The number of ether oxygens (including phenoxy) is 2. The molecule has 4 aromatic heterocycles. The first kappa shape index (κ1) is 42.1. The molecule has 2 saturated heterocycles. The maximum atomic E-state index is 12.8. The van der Waals surface area contributed by atoms with E-state index in [4.69, 9.17) is 25.5 Å². The molecule has 31 heteroatoms. The highest BCUT2D eigenvalue weighted by Crippen LogP contribution is 2.67. The number of aromatic nitrogens is 8. The zero-order valence-electron chi connectivity index (χ0n) is 29.7. The summed E-state index contributed by atoms with van der Waals surface area (Å²) in [4.78, 5) is 75.8. The second-order valence-electron chi connectivity index (χ2n) is 13.0. The van der Waals surface area contributed by atoms with E-state index in [1.165, 1.54) is 4.57 Å². The zero-order chi connectivity index (χ0) is 40.9. The van der Waals surface area contributed by atoms with Crippen LogP contribution in [0.5, 0.6) is 0 Å². The molecule has 6 rings (SSSR count). The van der Waals surface area contributed by atoms with Crippen LogP contribution in [-0.2, 0) is 47.9 Å². The molecular weight excluding hydrogens is 817 g/mol. The number of nitrogens with two attached hydrogens (primary N) is 2. The molecule has 0 bridgehead atoms. The van der Waals surface area contributed by atoms with Gasteiger partial charge in [-0.1, -0.05) is 4.98 Å². The molecule has 6 heterocycles. The Morgan fingerprint density at radius 1 is 0.946 bits per heavy atom. The number of rotatable bonds is 15. The summed E-state index contributed by atoms with van der Waals surface area (Å²) in [5, 5.41) is 21.1. The van der Waals surface area contributed by atoms with Crippen molar-refractivity contribution in [2.45, 2.75) is 36.9 Å². The molecule has 310 valence electrons. The average molecular weight is 858 g/mol. The van der Waals surface area contributed by atoms with E-state index >= 15 is 0 Å². The van der Waals surface area contributed by atoms with Gasteiger partial charge in [-0.3, -0.25) is 42.6 Å². The first-order valence-electron chi connectivity index (χ1n) is 16.3. The van der Waals surface area contributed by atoms with Crippen LogP contribution in [-0.4, -0.2) is 147 Å². The quantitative estimate of drug-likeness (QED) is 0.0415. The van der Waals surface area contributed by atoms with E-state index < -0.39 is 84.7 Å². The van der Waals surface area contributed by atoms with Crippen molar-refractivity contribution in [1.82, 2.24) is 43.9 Å². The number of likely N-dealkylation sites (N-methyl/N-ethyl adjacent to an activating group) is 1. The topological polar surface area (TPSA) is 384 Å². The van der Waals surface area contributed by atoms with Crippen molar-refractivity contribution in [2.75, 3.05) is 65.0 Å². The van der Waals surface area contributed by atoms with Crippen LogP contribution in [0.1, 0.15) is 12.5 Å². The number of H-pyrrole nitrogens is 2. The van der Waals surface area contributed by atoms with E-state index in [9.17, 15) is 48.2 Å². The first-order chi connectivity index (χ1) is 26.1. The number of anilines is 2. The van der Waals surface area contributed by atoms with E-state index in [-0.39, 0.29) is 47.3 Å². The number of phosphoric ester groups is 2. The number of nitrogens with one attached hydrogen (secondary N) is 2. The third-order valence-corrected chi connectivity index (χ3v) is 12.7. The fourth-order valence-corrected chi connectivity index (χ4v) is 9.58. The molecule has 4 aromatic rings. The Morgan fingerprint density at radius 3 is 2.27 bits per heavy atom. The van der Waals surface area contributed by atoms with Crippen molar-refractivity contribution < 1.29 is 70.3 Å². The highest BCUT2D eigenvalue weighted by molar-refractivity contribution is 7.66. The van der Waals surface area contributed by atoms with Gasteiger partial charge in [0.25, 0.3) is 17.1 Å². The van der Waals surface area contributed by atoms with Gasteiger partial charge in [-0.2, -0.15) is 13.6 Å². The third-order valence-electron chi connectivity index (χ3n) is 8.49. The van der Waals surface area contributed by atoms with Crippen LogP contribution in [0.25, 0.3) is 22.3 Å². The van der Waals surface area contributed by atoms with Gasteiger partial charge in [0.2, 0.25) is 11.5 Å². The van der Waals surface area contributed by atoms with Crippen LogP contribution in [0.4, 0.5) is 11.9 Å². The number of aliphatic hydroxyl groups excluding tert-OH is 2. The molecule has 11 N–H and O–H groups in total. The fraction of sp³-hybridized carbons (Fsp3) is 0.600. The zero-order valence-corrected chi connectivity index (χ0v) is 32.3. The normalized spacial score (nSPS) is 26.8. The Bertz CT molecular complexity index is 2350. The van der Waals surface area contributed by atoms with E-state index in [2.05, 4.69) is 38.1 Å². The second-order valence-corrected chi connectivity index (χ2v) is 17.6. The van der Waals surface area contributed by atoms with Crippen molar-refractivity contribution in [2.24, 2.45) is 7.05 Å². The van der Waals surface area contributed by atoms with E-state index in [1.807, 2.05) is 23.9 Å². The summed E-state index contributed by atoms with van der Waals surface area (Å²) in [6.07, 6.45) is -5.78. The van der Waals surface area contributed by atoms with Crippen molar-refractivity contribution in [3.8, 4) is 0 Å². The molecule has 0 amide bonds. The van der Waals surface area contributed by atoms with Gasteiger partial charge in [-0.15, -0.1) is 0 Å².